The molecule has 2 N–H and O–H groups in total. The smallest absolute Gasteiger partial charge is 0.123 e. The van der Waals surface area contributed by atoms with E-state index in [2.05, 4.69) is 0 Å². The fourth-order valence-electron chi connectivity index (χ4n) is 2.04. The van der Waals surface area contributed by atoms with Crippen LogP contribution in [0.5, 0.6) is 0 Å². The second-order valence-corrected chi connectivity index (χ2v) is 4.23. The van der Waals surface area contributed by atoms with Gasteiger partial charge in [0.2, 0.25) is 0 Å². The summed E-state index contributed by atoms with van der Waals surface area (Å²) in [6.07, 6.45) is -0.166. The quantitative estimate of drug-likeness (QED) is 0.713. The molecule has 2 rings (SSSR count). The average molecular weight is 196 g/mol. The van der Waals surface area contributed by atoms with Crippen molar-refractivity contribution in [2.45, 2.75) is 19.4 Å². The van der Waals surface area contributed by atoms with Crippen LogP contribution in [0.25, 0.3) is 0 Å². The first-order chi connectivity index (χ1) is 6.57. The maximum absolute atomic E-state index is 12.9. The molecule has 0 spiro atoms. The third-order valence-corrected chi connectivity index (χ3v) is 3.02. The van der Waals surface area contributed by atoms with Gasteiger partial charge in [0.05, 0.1) is 12.7 Å². The summed E-state index contributed by atoms with van der Waals surface area (Å²) in [5.41, 5.74) is 0.979. The summed E-state index contributed by atoms with van der Waals surface area (Å²) in [6.45, 7) is 1.71. The summed E-state index contributed by atoms with van der Waals surface area (Å²) in [7, 11) is 0. The Hall–Kier alpha value is -0.930. The minimum absolute atomic E-state index is 0.0928. The second-order valence-electron chi connectivity index (χ2n) is 4.23. The van der Waals surface area contributed by atoms with Gasteiger partial charge in [0.1, 0.15) is 5.82 Å². The molecule has 0 heterocycles. The summed E-state index contributed by atoms with van der Waals surface area (Å²) >= 11 is 0. The van der Waals surface area contributed by atoms with Gasteiger partial charge >= 0.3 is 0 Å². The van der Waals surface area contributed by atoms with Gasteiger partial charge in [-0.2, -0.15) is 0 Å². The summed E-state index contributed by atoms with van der Waals surface area (Å²) in [6, 6.07) is 4.36. The van der Waals surface area contributed by atoms with Gasteiger partial charge in [0.25, 0.3) is 0 Å². The number of aliphatic hydroxyl groups is 2. The van der Waals surface area contributed by atoms with E-state index in [0.717, 1.165) is 11.1 Å². The van der Waals surface area contributed by atoms with Crippen LogP contribution < -0.4 is 0 Å². The van der Waals surface area contributed by atoms with Gasteiger partial charge in [-0.1, -0.05) is 13.0 Å². The minimum atomic E-state index is -0.692. The molecule has 0 fully saturated rings. The Morgan fingerprint density at radius 3 is 2.93 bits per heavy atom. The Morgan fingerprint density at radius 2 is 2.29 bits per heavy atom. The zero-order valence-electron chi connectivity index (χ0n) is 8.00. The molecule has 0 bridgehead atoms. The van der Waals surface area contributed by atoms with Crippen molar-refractivity contribution in [2.75, 3.05) is 6.61 Å². The van der Waals surface area contributed by atoms with E-state index >= 15 is 0 Å². The van der Waals surface area contributed by atoms with E-state index < -0.39 is 11.5 Å². The molecule has 1 aliphatic carbocycles. The van der Waals surface area contributed by atoms with Crippen molar-refractivity contribution in [1.82, 2.24) is 0 Å². The first kappa shape index (κ1) is 9.62. The van der Waals surface area contributed by atoms with Crippen molar-refractivity contribution < 1.29 is 14.6 Å². The topological polar surface area (TPSA) is 40.5 Å². The molecule has 0 saturated heterocycles. The van der Waals surface area contributed by atoms with Gasteiger partial charge in [-0.15, -0.1) is 0 Å². The number of hydrogen-bond acceptors (Lipinski definition) is 2. The molecule has 2 nitrogen and oxygen atoms in total. The SMILES string of the molecule is C[C@@]1(CO)Cc2cc(F)ccc2[C@@H]1O. The van der Waals surface area contributed by atoms with Crippen LogP contribution in [0.15, 0.2) is 18.2 Å². The third kappa shape index (κ3) is 1.24. The van der Waals surface area contributed by atoms with E-state index in [1.165, 1.54) is 12.1 Å². The van der Waals surface area contributed by atoms with Crippen molar-refractivity contribution in [3.63, 3.8) is 0 Å². The number of halogens is 1. The number of hydrogen-bond donors (Lipinski definition) is 2. The Balaban J connectivity index is 2.45. The van der Waals surface area contributed by atoms with Crippen molar-refractivity contribution in [1.29, 1.82) is 0 Å². The molecule has 0 saturated carbocycles. The lowest BCUT2D eigenvalue weighted by atomic mass is 9.86. The molecule has 1 aromatic rings. The lowest BCUT2D eigenvalue weighted by Gasteiger charge is -2.25. The monoisotopic (exact) mass is 196 g/mol. The molecule has 0 radical (unpaired) electrons. The van der Waals surface area contributed by atoms with Crippen molar-refractivity contribution >= 4 is 0 Å². The van der Waals surface area contributed by atoms with Crippen LogP contribution in [-0.2, 0) is 6.42 Å². The highest BCUT2D eigenvalue weighted by atomic mass is 19.1. The van der Waals surface area contributed by atoms with Crippen molar-refractivity contribution in [3.05, 3.63) is 35.1 Å². The van der Waals surface area contributed by atoms with Gasteiger partial charge in [-0.05, 0) is 29.7 Å². The van der Waals surface area contributed by atoms with Gasteiger partial charge in [0, 0.05) is 5.41 Å². The first-order valence-corrected chi connectivity index (χ1v) is 4.64. The normalized spacial score (nSPS) is 30.4. The Morgan fingerprint density at radius 1 is 1.57 bits per heavy atom. The average Bonchev–Trinajstić information content (AvgIpc) is 2.40. The van der Waals surface area contributed by atoms with E-state index in [1.54, 1.807) is 13.0 Å². The van der Waals surface area contributed by atoms with E-state index in [9.17, 15) is 14.6 Å². The largest absolute Gasteiger partial charge is 0.396 e. The van der Waals surface area contributed by atoms with Crippen molar-refractivity contribution in [2.24, 2.45) is 5.41 Å². The molecular formula is C11H13FO2. The second kappa shape index (κ2) is 3.04. The van der Waals surface area contributed by atoms with Crippen LogP contribution in [0.2, 0.25) is 0 Å². The van der Waals surface area contributed by atoms with Crippen LogP contribution in [0.1, 0.15) is 24.2 Å². The molecule has 1 aromatic carbocycles. The molecule has 76 valence electrons. The number of rotatable bonds is 1. The number of benzene rings is 1. The van der Waals surface area contributed by atoms with Crippen LogP contribution in [0.3, 0.4) is 0 Å². The van der Waals surface area contributed by atoms with Gasteiger partial charge < -0.3 is 10.2 Å². The zero-order valence-corrected chi connectivity index (χ0v) is 8.00. The summed E-state index contributed by atoms with van der Waals surface area (Å²) in [4.78, 5) is 0. The number of fused-ring (bicyclic) bond motifs is 1. The lowest BCUT2D eigenvalue weighted by molar-refractivity contribution is 0.00783. The molecule has 0 unspecified atom stereocenters. The minimum Gasteiger partial charge on any atom is -0.396 e. The molecule has 3 heteroatoms. The van der Waals surface area contributed by atoms with Crippen LogP contribution >= 0.6 is 0 Å². The first-order valence-electron chi connectivity index (χ1n) is 4.64. The highest BCUT2D eigenvalue weighted by Crippen LogP contribution is 2.45. The third-order valence-electron chi connectivity index (χ3n) is 3.02. The van der Waals surface area contributed by atoms with E-state index in [-0.39, 0.29) is 12.4 Å². The fourth-order valence-corrected chi connectivity index (χ4v) is 2.04. The molecule has 2 atom stereocenters. The number of aliphatic hydroxyl groups excluding tert-OH is 2. The summed E-state index contributed by atoms with van der Waals surface area (Å²) < 4.78 is 12.9. The van der Waals surface area contributed by atoms with E-state index in [0.29, 0.717) is 6.42 Å². The van der Waals surface area contributed by atoms with E-state index in [4.69, 9.17) is 0 Å². The zero-order chi connectivity index (χ0) is 10.3. The van der Waals surface area contributed by atoms with E-state index in [1.807, 2.05) is 0 Å². The van der Waals surface area contributed by atoms with Crippen LogP contribution in [0.4, 0.5) is 4.39 Å². The maximum atomic E-state index is 12.9. The maximum Gasteiger partial charge on any atom is 0.123 e. The molecule has 14 heavy (non-hydrogen) atoms. The summed E-state index contributed by atoms with van der Waals surface area (Å²) in [5, 5.41) is 19.1. The predicted molar refractivity (Wildman–Crippen MR) is 50.3 cm³/mol. The van der Waals surface area contributed by atoms with Crippen LogP contribution in [-0.4, -0.2) is 16.8 Å². The molecular weight excluding hydrogens is 183 g/mol. The molecule has 0 aromatic heterocycles. The predicted octanol–water partition coefficient (Wildman–Crippen LogP) is 1.41. The lowest BCUT2D eigenvalue weighted by Crippen LogP contribution is -2.26. The molecule has 1 aliphatic rings. The molecule has 0 amide bonds. The highest BCUT2D eigenvalue weighted by Gasteiger charge is 2.41. The Labute approximate surface area is 82.0 Å². The van der Waals surface area contributed by atoms with Gasteiger partial charge in [-0.3, -0.25) is 0 Å². The van der Waals surface area contributed by atoms with Gasteiger partial charge in [0.15, 0.2) is 0 Å². The Kier molecular flexibility index (Phi) is 2.09. The Bertz CT molecular complexity index is 364. The fraction of sp³-hybridized carbons (Fsp3) is 0.455. The highest BCUT2D eigenvalue weighted by molar-refractivity contribution is 5.37. The standard InChI is InChI=1S/C11H13FO2/c1-11(6-13)5-7-4-8(12)2-3-9(7)10(11)14/h2-4,10,13-14H,5-6H2,1H3/t10-,11-/m0/s1. The van der Waals surface area contributed by atoms with Crippen LogP contribution in [0, 0.1) is 11.2 Å². The summed E-state index contributed by atoms with van der Waals surface area (Å²) in [5.74, 6) is -0.293. The van der Waals surface area contributed by atoms with Crippen molar-refractivity contribution in [3.8, 4) is 0 Å². The van der Waals surface area contributed by atoms with Gasteiger partial charge in [-0.25, -0.2) is 4.39 Å². The molecule has 0 aliphatic heterocycles.